The van der Waals surface area contributed by atoms with Gasteiger partial charge in [0.15, 0.2) is 0 Å². The standard InChI is InChI=1S/C28H28ClFN4O2/c29-21-7-2-1-6-18(21)12-15-27(35)32-23-11-5-8-22(30)20(23)14-13-19-16-31-26(17-36-19)28-33-24-9-3-4-10-25(24)34-28/h1-11,19,26,31H,12-17H2,(H,32,35)(H,33,34)/t19-,26+/m1/s1. The Morgan fingerprint density at radius 1 is 1.08 bits per heavy atom. The number of aromatic amines is 1. The summed E-state index contributed by atoms with van der Waals surface area (Å²) in [5, 5.41) is 7.01. The number of para-hydroxylation sites is 2. The highest BCUT2D eigenvalue weighted by molar-refractivity contribution is 6.31. The fraction of sp³-hybridized carbons (Fsp3) is 0.286. The lowest BCUT2D eigenvalue weighted by atomic mass is 10.0. The zero-order valence-corrected chi connectivity index (χ0v) is 20.5. The number of carbonyl (C=O) groups excluding carboxylic acids is 1. The topological polar surface area (TPSA) is 79.0 Å². The molecule has 2 heterocycles. The zero-order chi connectivity index (χ0) is 24.9. The summed E-state index contributed by atoms with van der Waals surface area (Å²) < 4.78 is 20.8. The first-order chi connectivity index (χ1) is 17.6. The molecule has 4 aromatic rings. The van der Waals surface area contributed by atoms with Crippen LogP contribution >= 0.6 is 11.6 Å². The van der Waals surface area contributed by atoms with Gasteiger partial charge in [0.25, 0.3) is 0 Å². The summed E-state index contributed by atoms with van der Waals surface area (Å²) in [4.78, 5) is 20.6. The zero-order valence-electron chi connectivity index (χ0n) is 19.8. The molecule has 1 amide bonds. The number of rotatable bonds is 8. The number of nitrogens with zero attached hydrogens (tertiary/aromatic N) is 1. The molecule has 2 atom stereocenters. The number of halogens is 2. The highest BCUT2D eigenvalue weighted by atomic mass is 35.5. The summed E-state index contributed by atoms with van der Waals surface area (Å²) in [5.74, 6) is 0.347. The maximum Gasteiger partial charge on any atom is 0.224 e. The number of benzene rings is 3. The minimum Gasteiger partial charge on any atom is -0.375 e. The smallest absolute Gasteiger partial charge is 0.224 e. The lowest BCUT2D eigenvalue weighted by molar-refractivity contribution is -0.116. The van der Waals surface area contributed by atoms with Crippen LogP contribution in [-0.4, -0.2) is 35.1 Å². The van der Waals surface area contributed by atoms with Crippen LogP contribution < -0.4 is 10.6 Å². The van der Waals surface area contributed by atoms with Crippen molar-refractivity contribution in [3.8, 4) is 0 Å². The van der Waals surface area contributed by atoms with Crippen LogP contribution in [0.1, 0.15) is 35.8 Å². The van der Waals surface area contributed by atoms with Gasteiger partial charge in [-0.3, -0.25) is 4.79 Å². The van der Waals surface area contributed by atoms with Crippen LogP contribution in [0.5, 0.6) is 0 Å². The van der Waals surface area contributed by atoms with E-state index in [0.717, 1.165) is 22.4 Å². The summed E-state index contributed by atoms with van der Waals surface area (Å²) in [6.07, 6.45) is 1.80. The molecule has 0 saturated carbocycles. The molecule has 5 rings (SSSR count). The van der Waals surface area contributed by atoms with E-state index in [4.69, 9.17) is 16.3 Å². The van der Waals surface area contributed by atoms with Crippen molar-refractivity contribution in [1.29, 1.82) is 0 Å². The Morgan fingerprint density at radius 3 is 2.72 bits per heavy atom. The van der Waals surface area contributed by atoms with Crippen molar-refractivity contribution in [2.75, 3.05) is 18.5 Å². The molecule has 0 spiro atoms. The molecule has 36 heavy (non-hydrogen) atoms. The van der Waals surface area contributed by atoms with Gasteiger partial charge in [-0.2, -0.15) is 0 Å². The van der Waals surface area contributed by atoms with Gasteiger partial charge in [0.05, 0.1) is 29.8 Å². The molecular weight excluding hydrogens is 479 g/mol. The number of hydrogen-bond acceptors (Lipinski definition) is 4. The van der Waals surface area contributed by atoms with Crippen molar-refractivity contribution in [3.05, 3.63) is 94.5 Å². The Morgan fingerprint density at radius 2 is 1.92 bits per heavy atom. The quantitative estimate of drug-likeness (QED) is 0.291. The third-order valence-electron chi connectivity index (χ3n) is 6.52. The number of anilines is 1. The number of morpholine rings is 1. The summed E-state index contributed by atoms with van der Waals surface area (Å²) in [5.41, 5.74) is 3.83. The largest absolute Gasteiger partial charge is 0.375 e. The van der Waals surface area contributed by atoms with Gasteiger partial charge < -0.3 is 20.4 Å². The van der Waals surface area contributed by atoms with Gasteiger partial charge in [0.2, 0.25) is 5.91 Å². The molecule has 8 heteroatoms. The molecule has 1 fully saturated rings. The van der Waals surface area contributed by atoms with Crippen molar-refractivity contribution in [2.45, 2.75) is 37.8 Å². The molecule has 0 unspecified atom stereocenters. The van der Waals surface area contributed by atoms with Crippen LogP contribution in [0.25, 0.3) is 11.0 Å². The number of H-pyrrole nitrogens is 1. The molecule has 1 aliphatic rings. The maximum absolute atomic E-state index is 14.7. The average Bonchev–Trinajstić information content (AvgIpc) is 3.33. The summed E-state index contributed by atoms with van der Waals surface area (Å²) in [6, 6.07) is 20.1. The third-order valence-corrected chi connectivity index (χ3v) is 6.89. The average molecular weight is 507 g/mol. The predicted octanol–water partition coefficient (Wildman–Crippen LogP) is 5.59. The van der Waals surface area contributed by atoms with Crippen LogP contribution in [0.2, 0.25) is 5.02 Å². The van der Waals surface area contributed by atoms with Crippen LogP contribution in [-0.2, 0) is 22.4 Å². The van der Waals surface area contributed by atoms with Gasteiger partial charge >= 0.3 is 0 Å². The highest BCUT2D eigenvalue weighted by Crippen LogP contribution is 2.25. The number of ether oxygens (including phenoxy) is 1. The van der Waals surface area contributed by atoms with Crippen LogP contribution in [0.3, 0.4) is 0 Å². The van der Waals surface area contributed by atoms with Gasteiger partial charge in [-0.05, 0) is 55.2 Å². The first-order valence-electron chi connectivity index (χ1n) is 12.2. The molecule has 1 aliphatic heterocycles. The molecule has 0 radical (unpaired) electrons. The molecule has 0 bridgehead atoms. The number of aromatic nitrogens is 2. The first-order valence-corrected chi connectivity index (χ1v) is 12.5. The van der Waals surface area contributed by atoms with Gasteiger partial charge in [0, 0.05) is 29.2 Å². The second-order valence-corrected chi connectivity index (χ2v) is 9.41. The molecule has 0 aliphatic carbocycles. The molecule has 3 N–H and O–H groups in total. The van der Waals surface area contributed by atoms with Crippen molar-refractivity contribution in [2.24, 2.45) is 0 Å². The van der Waals surface area contributed by atoms with Crippen molar-refractivity contribution in [1.82, 2.24) is 15.3 Å². The number of imidazole rings is 1. The molecule has 1 aromatic heterocycles. The van der Waals surface area contributed by atoms with E-state index >= 15 is 0 Å². The van der Waals surface area contributed by atoms with Crippen molar-refractivity contribution < 1.29 is 13.9 Å². The SMILES string of the molecule is O=C(CCc1ccccc1Cl)Nc1cccc(F)c1CC[C@@H]1CN[C@H](c2nc3ccccc3[nH]2)CO1. The molecule has 6 nitrogen and oxygen atoms in total. The molecule has 3 aromatic carbocycles. The number of nitrogens with one attached hydrogen (secondary N) is 3. The van der Waals surface area contributed by atoms with Gasteiger partial charge in [-0.25, -0.2) is 9.37 Å². The van der Waals surface area contributed by atoms with Gasteiger partial charge in [-0.15, -0.1) is 0 Å². The Kier molecular flexibility index (Phi) is 7.60. The van der Waals surface area contributed by atoms with E-state index in [0.29, 0.717) is 48.7 Å². The Labute approximate surface area is 214 Å². The number of hydrogen-bond donors (Lipinski definition) is 3. The summed E-state index contributed by atoms with van der Waals surface area (Å²) >= 11 is 6.19. The highest BCUT2D eigenvalue weighted by Gasteiger charge is 2.25. The van der Waals surface area contributed by atoms with E-state index in [9.17, 15) is 9.18 Å². The number of fused-ring (bicyclic) bond motifs is 1. The minimum absolute atomic E-state index is 0.0184. The molecular formula is C28H28ClFN4O2. The van der Waals surface area contributed by atoms with E-state index in [1.807, 2.05) is 42.5 Å². The number of carbonyl (C=O) groups is 1. The van der Waals surface area contributed by atoms with E-state index in [1.54, 1.807) is 18.2 Å². The Bertz CT molecular complexity index is 1320. The van der Waals surface area contributed by atoms with Crippen LogP contribution in [0, 0.1) is 5.82 Å². The lowest BCUT2D eigenvalue weighted by Crippen LogP contribution is -2.41. The third kappa shape index (κ3) is 5.75. The van der Waals surface area contributed by atoms with Gasteiger partial charge in [0.1, 0.15) is 11.6 Å². The Balaban J connectivity index is 1.15. The molecule has 1 saturated heterocycles. The number of aryl methyl sites for hydroxylation is 1. The summed E-state index contributed by atoms with van der Waals surface area (Å²) in [6.45, 7) is 1.11. The second kappa shape index (κ2) is 11.2. The minimum atomic E-state index is -0.331. The second-order valence-electron chi connectivity index (χ2n) is 9.00. The number of amides is 1. The summed E-state index contributed by atoms with van der Waals surface area (Å²) in [7, 11) is 0. The molecule has 186 valence electrons. The fourth-order valence-corrected chi connectivity index (χ4v) is 4.75. The predicted molar refractivity (Wildman–Crippen MR) is 140 cm³/mol. The fourth-order valence-electron chi connectivity index (χ4n) is 4.52. The van der Waals surface area contributed by atoms with Gasteiger partial charge in [-0.1, -0.05) is 48.0 Å². The van der Waals surface area contributed by atoms with Crippen molar-refractivity contribution in [3.63, 3.8) is 0 Å². The van der Waals surface area contributed by atoms with E-state index in [-0.39, 0.29) is 30.3 Å². The van der Waals surface area contributed by atoms with Crippen LogP contribution in [0.4, 0.5) is 10.1 Å². The maximum atomic E-state index is 14.7. The lowest BCUT2D eigenvalue weighted by Gasteiger charge is -2.29. The normalized spacial score (nSPS) is 17.8. The van der Waals surface area contributed by atoms with E-state index < -0.39 is 0 Å². The first kappa shape index (κ1) is 24.4. The van der Waals surface area contributed by atoms with Crippen LogP contribution in [0.15, 0.2) is 66.7 Å². The van der Waals surface area contributed by atoms with Crippen molar-refractivity contribution >= 4 is 34.2 Å². The van der Waals surface area contributed by atoms with E-state index in [1.165, 1.54) is 6.07 Å². The van der Waals surface area contributed by atoms with E-state index in [2.05, 4.69) is 20.6 Å². The Hall–Kier alpha value is -3.26. The monoisotopic (exact) mass is 506 g/mol.